The molecule has 0 bridgehead atoms. The quantitative estimate of drug-likeness (QED) is 0.708. The molecule has 1 fully saturated rings. The molecule has 0 aromatic carbocycles. The Kier molecular flexibility index (Phi) is 5.30. The second kappa shape index (κ2) is 6.05. The minimum atomic E-state index is 0.480. The highest BCUT2D eigenvalue weighted by molar-refractivity contribution is 4.96. The first-order valence-corrected chi connectivity index (χ1v) is 7.21. The highest BCUT2D eigenvalue weighted by Gasteiger charge is 2.35. The van der Waals surface area contributed by atoms with Crippen LogP contribution in [0.15, 0.2) is 0 Å². The Morgan fingerprint density at radius 3 is 1.88 bits per heavy atom. The van der Waals surface area contributed by atoms with Crippen molar-refractivity contribution in [2.75, 3.05) is 0 Å². The highest BCUT2D eigenvalue weighted by Crippen LogP contribution is 2.34. The normalized spacial score (nSPS) is 24.6. The van der Waals surface area contributed by atoms with Gasteiger partial charge in [0.25, 0.3) is 0 Å². The molecule has 96 valence electrons. The van der Waals surface area contributed by atoms with Crippen molar-refractivity contribution < 1.29 is 0 Å². The molecule has 0 spiro atoms. The van der Waals surface area contributed by atoms with Gasteiger partial charge in [-0.2, -0.15) is 0 Å². The Morgan fingerprint density at radius 2 is 1.56 bits per heavy atom. The van der Waals surface area contributed by atoms with E-state index in [0.29, 0.717) is 5.54 Å². The zero-order valence-electron chi connectivity index (χ0n) is 12.0. The third-order valence-corrected chi connectivity index (χ3v) is 4.01. The molecule has 1 unspecified atom stereocenters. The molecule has 16 heavy (non-hydrogen) atoms. The summed E-state index contributed by atoms with van der Waals surface area (Å²) in [4.78, 5) is 0. The van der Waals surface area contributed by atoms with Gasteiger partial charge in [0.15, 0.2) is 0 Å². The van der Waals surface area contributed by atoms with Gasteiger partial charge in [-0.15, -0.1) is 0 Å². The molecule has 1 heterocycles. The van der Waals surface area contributed by atoms with Gasteiger partial charge in [0.1, 0.15) is 0 Å². The van der Waals surface area contributed by atoms with E-state index >= 15 is 0 Å². The molecule has 1 aliphatic rings. The molecular weight excluding hydrogens is 194 g/mol. The molecule has 0 saturated carbocycles. The molecule has 1 rings (SSSR count). The molecule has 0 aromatic heterocycles. The van der Waals surface area contributed by atoms with E-state index in [0.717, 1.165) is 17.9 Å². The number of hydrogen-bond donors (Lipinski definition) is 1. The Labute approximate surface area is 102 Å². The summed E-state index contributed by atoms with van der Waals surface area (Å²) < 4.78 is 0. The number of rotatable bonds is 6. The van der Waals surface area contributed by atoms with E-state index in [1.807, 2.05) is 0 Å². The zero-order valence-corrected chi connectivity index (χ0v) is 12.0. The van der Waals surface area contributed by atoms with Crippen molar-refractivity contribution in [3.8, 4) is 0 Å². The minimum Gasteiger partial charge on any atom is -0.309 e. The summed E-state index contributed by atoms with van der Waals surface area (Å²) in [5.74, 6) is 1.68. The SMILES string of the molecule is CC(C)CCC1(CCC(C)C)CCC(C)N1. The van der Waals surface area contributed by atoms with E-state index in [1.165, 1.54) is 38.5 Å². The lowest BCUT2D eigenvalue weighted by atomic mass is 9.83. The van der Waals surface area contributed by atoms with Crippen LogP contribution in [0.2, 0.25) is 0 Å². The first kappa shape index (κ1) is 14.0. The van der Waals surface area contributed by atoms with Gasteiger partial charge >= 0.3 is 0 Å². The molecule has 1 atom stereocenters. The molecule has 0 aromatic rings. The Morgan fingerprint density at radius 1 is 1.06 bits per heavy atom. The first-order valence-electron chi connectivity index (χ1n) is 7.21. The van der Waals surface area contributed by atoms with Crippen LogP contribution in [0.3, 0.4) is 0 Å². The Balaban J connectivity index is 2.48. The van der Waals surface area contributed by atoms with Crippen molar-refractivity contribution in [2.45, 2.75) is 84.7 Å². The largest absolute Gasteiger partial charge is 0.309 e. The molecule has 1 N–H and O–H groups in total. The maximum absolute atomic E-state index is 3.88. The van der Waals surface area contributed by atoms with Gasteiger partial charge in [-0.3, -0.25) is 0 Å². The lowest BCUT2D eigenvalue weighted by Gasteiger charge is -2.32. The zero-order chi connectivity index (χ0) is 12.2. The van der Waals surface area contributed by atoms with Gasteiger partial charge in [-0.1, -0.05) is 27.7 Å². The van der Waals surface area contributed by atoms with Crippen molar-refractivity contribution in [3.05, 3.63) is 0 Å². The van der Waals surface area contributed by atoms with E-state index in [-0.39, 0.29) is 0 Å². The molecule has 0 amide bonds. The van der Waals surface area contributed by atoms with Crippen LogP contribution in [0, 0.1) is 11.8 Å². The van der Waals surface area contributed by atoms with E-state index in [1.54, 1.807) is 0 Å². The average molecular weight is 225 g/mol. The second-order valence-corrected chi connectivity index (χ2v) is 6.73. The fraction of sp³-hybridized carbons (Fsp3) is 1.00. The molecular formula is C15H31N. The van der Waals surface area contributed by atoms with Gasteiger partial charge in [0.2, 0.25) is 0 Å². The molecule has 0 radical (unpaired) electrons. The summed E-state index contributed by atoms with van der Waals surface area (Å²) >= 11 is 0. The fourth-order valence-corrected chi connectivity index (χ4v) is 2.81. The van der Waals surface area contributed by atoms with Crippen LogP contribution in [-0.4, -0.2) is 11.6 Å². The topological polar surface area (TPSA) is 12.0 Å². The molecule has 1 aliphatic heterocycles. The second-order valence-electron chi connectivity index (χ2n) is 6.73. The average Bonchev–Trinajstić information content (AvgIpc) is 2.55. The maximum atomic E-state index is 3.88. The predicted octanol–water partition coefficient (Wildman–Crippen LogP) is 4.37. The predicted molar refractivity (Wildman–Crippen MR) is 72.7 cm³/mol. The van der Waals surface area contributed by atoms with Crippen LogP contribution in [0.25, 0.3) is 0 Å². The van der Waals surface area contributed by atoms with Crippen LogP contribution in [-0.2, 0) is 0 Å². The maximum Gasteiger partial charge on any atom is 0.0184 e. The van der Waals surface area contributed by atoms with E-state index in [4.69, 9.17) is 0 Å². The molecule has 0 aliphatic carbocycles. The van der Waals surface area contributed by atoms with Crippen molar-refractivity contribution in [1.29, 1.82) is 0 Å². The summed E-state index contributed by atoms with van der Waals surface area (Å²) in [5.41, 5.74) is 0.480. The monoisotopic (exact) mass is 225 g/mol. The molecule has 1 heteroatoms. The van der Waals surface area contributed by atoms with Crippen molar-refractivity contribution in [1.82, 2.24) is 5.32 Å². The lowest BCUT2D eigenvalue weighted by Crippen LogP contribution is -2.42. The van der Waals surface area contributed by atoms with Gasteiger partial charge < -0.3 is 5.32 Å². The third-order valence-electron chi connectivity index (χ3n) is 4.01. The van der Waals surface area contributed by atoms with Crippen LogP contribution < -0.4 is 5.32 Å². The number of nitrogens with one attached hydrogen (secondary N) is 1. The van der Waals surface area contributed by atoms with Crippen LogP contribution >= 0.6 is 0 Å². The van der Waals surface area contributed by atoms with Crippen LogP contribution in [0.4, 0.5) is 0 Å². The Bertz CT molecular complexity index is 184. The summed E-state index contributed by atoms with van der Waals surface area (Å²) in [6, 6.07) is 0.735. The van der Waals surface area contributed by atoms with Crippen molar-refractivity contribution in [2.24, 2.45) is 11.8 Å². The number of hydrogen-bond acceptors (Lipinski definition) is 1. The van der Waals surface area contributed by atoms with E-state index in [9.17, 15) is 0 Å². The third kappa shape index (κ3) is 4.45. The summed E-state index contributed by atoms with van der Waals surface area (Å²) in [6.07, 6.45) is 8.27. The first-order chi connectivity index (χ1) is 7.43. The summed E-state index contributed by atoms with van der Waals surface area (Å²) in [7, 11) is 0. The van der Waals surface area contributed by atoms with Gasteiger partial charge in [0.05, 0.1) is 0 Å². The van der Waals surface area contributed by atoms with Crippen molar-refractivity contribution in [3.63, 3.8) is 0 Å². The standard InChI is InChI=1S/C15H31N/c1-12(2)6-9-15(10-7-13(3)4)11-8-14(5)16-15/h12-14,16H,6-11H2,1-5H3. The van der Waals surface area contributed by atoms with E-state index < -0.39 is 0 Å². The van der Waals surface area contributed by atoms with Crippen LogP contribution in [0.5, 0.6) is 0 Å². The lowest BCUT2D eigenvalue weighted by molar-refractivity contribution is 0.270. The fourth-order valence-electron chi connectivity index (χ4n) is 2.81. The molecule has 1 nitrogen and oxygen atoms in total. The van der Waals surface area contributed by atoms with Gasteiger partial charge in [-0.05, 0) is 57.3 Å². The summed E-state index contributed by atoms with van der Waals surface area (Å²) in [6.45, 7) is 11.7. The van der Waals surface area contributed by atoms with Crippen molar-refractivity contribution >= 4 is 0 Å². The van der Waals surface area contributed by atoms with Gasteiger partial charge in [0, 0.05) is 11.6 Å². The van der Waals surface area contributed by atoms with Crippen LogP contribution in [0.1, 0.15) is 73.1 Å². The van der Waals surface area contributed by atoms with Gasteiger partial charge in [-0.25, -0.2) is 0 Å². The molecule has 1 saturated heterocycles. The smallest absolute Gasteiger partial charge is 0.0184 e. The van der Waals surface area contributed by atoms with E-state index in [2.05, 4.69) is 39.9 Å². The summed E-state index contributed by atoms with van der Waals surface area (Å²) in [5, 5.41) is 3.88. The minimum absolute atomic E-state index is 0.480. The highest BCUT2D eigenvalue weighted by atomic mass is 15.0. The Hall–Kier alpha value is -0.0400.